The van der Waals surface area contributed by atoms with E-state index in [0.717, 1.165) is 5.56 Å². The van der Waals surface area contributed by atoms with E-state index in [-0.39, 0.29) is 17.3 Å². The summed E-state index contributed by atoms with van der Waals surface area (Å²) in [5, 5.41) is 0.568. The number of fused-ring (bicyclic) bond motifs is 1. The molecule has 6 heteroatoms. The van der Waals surface area contributed by atoms with Crippen LogP contribution in [-0.2, 0) is 0 Å². The number of ether oxygens (including phenoxy) is 2. The molecule has 0 bridgehead atoms. The second-order valence-corrected chi connectivity index (χ2v) is 7.31. The van der Waals surface area contributed by atoms with E-state index in [4.69, 9.17) is 21.1 Å². The smallest absolute Gasteiger partial charge is 0.344 e. The summed E-state index contributed by atoms with van der Waals surface area (Å²) in [4.78, 5) is 24.9. The zero-order valence-electron chi connectivity index (χ0n) is 14.3. The maximum atomic E-state index is 12.5. The predicted octanol–water partition coefficient (Wildman–Crippen LogP) is 5.94. The monoisotopic (exact) mass is 454 g/mol. The fourth-order valence-electron chi connectivity index (χ4n) is 2.77. The lowest BCUT2D eigenvalue weighted by Gasteiger charge is -2.06. The zero-order valence-corrected chi connectivity index (χ0v) is 16.7. The van der Waals surface area contributed by atoms with Crippen LogP contribution in [0.15, 0.2) is 77.0 Å². The Morgan fingerprint density at radius 2 is 1.86 bits per heavy atom. The van der Waals surface area contributed by atoms with Gasteiger partial charge in [-0.05, 0) is 64.0 Å². The minimum absolute atomic E-state index is 0.187. The van der Waals surface area contributed by atoms with Gasteiger partial charge in [-0.15, -0.1) is 0 Å². The van der Waals surface area contributed by atoms with Crippen LogP contribution >= 0.6 is 27.5 Å². The number of esters is 1. The van der Waals surface area contributed by atoms with Gasteiger partial charge < -0.3 is 9.47 Å². The third kappa shape index (κ3) is 3.72. The number of ketones is 1. The van der Waals surface area contributed by atoms with Crippen molar-refractivity contribution in [2.24, 2.45) is 0 Å². The van der Waals surface area contributed by atoms with Crippen LogP contribution in [0.25, 0.3) is 6.08 Å². The first-order valence-corrected chi connectivity index (χ1v) is 9.49. The van der Waals surface area contributed by atoms with Crippen LogP contribution in [0.5, 0.6) is 11.5 Å². The lowest BCUT2D eigenvalue weighted by Crippen LogP contribution is -2.09. The summed E-state index contributed by atoms with van der Waals surface area (Å²) in [5.74, 6) is 0.0728. The van der Waals surface area contributed by atoms with Crippen LogP contribution in [0, 0.1) is 0 Å². The van der Waals surface area contributed by atoms with Crippen molar-refractivity contribution in [3.05, 3.63) is 98.7 Å². The summed E-state index contributed by atoms with van der Waals surface area (Å²) in [6.07, 6.45) is 1.63. The van der Waals surface area contributed by atoms with E-state index in [2.05, 4.69) is 15.9 Å². The molecule has 0 atom stereocenters. The van der Waals surface area contributed by atoms with E-state index in [9.17, 15) is 9.59 Å². The van der Waals surface area contributed by atoms with Gasteiger partial charge in [-0.25, -0.2) is 4.79 Å². The van der Waals surface area contributed by atoms with E-state index in [1.165, 1.54) is 6.07 Å². The number of benzene rings is 3. The highest BCUT2D eigenvalue weighted by molar-refractivity contribution is 9.10. The first kappa shape index (κ1) is 18.5. The van der Waals surface area contributed by atoms with Crippen molar-refractivity contribution < 1.29 is 19.1 Å². The Morgan fingerprint density at radius 1 is 1.04 bits per heavy atom. The Labute approximate surface area is 174 Å². The summed E-state index contributed by atoms with van der Waals surface area (Å²) >= 11 is 9.31. The first-order valence-electron chi connectivity index (χ1n) is 8.32. The molecule has 0 amide bonds. The van der Waals surface area contributed by atoms with Crippen molar-refractivity contribution in [2.75, 3.05) is 0 Å². The molecule has 0 saturated carbocycles. The summed E-state index contributed by atoms with van der Waals surface area (Å²) in [7, 11) is 0. The molecule has 4 rings (SSSR count). The average molecular weight is 456 g/mol. The molecule has 1 aliphatic heterocycles. The molecule has 138 valence electrons. The molecule has 3 aromatic rings. The van der Waals surface area contributed by atoms with Crippen LogP contribution in [0.2, 0.25) is 5.02 Å². The molecule has 0 unspecified atom stereocenters. The van der Waals surface area contributed by atoms with Crippen LogP contribution in [-0.4, -0.2) is 11.8 Å². The number of halogens is 2. The zero-order chi connectivity index (χ0) is 19.7. The Morgan fingerprint density at radius 3 is 2.64 bits per heavy atom. The highest BCUT2D eigenvalue weighted by Gasteiger charge is 2.28. The Bertz CT molecular complexity index is 1140. The van der Waals surface area contributed by atoms with Crippen LogP contribution in [0.4, 0.5) is 0 Å². The van der Waals surface area contributed by atoms with Gasteiger partial charge in [-0.1, -0.05) is 35.9 Å². The predicted molar refractivity (Wildman–Crippen MR) is 110 cm³/mol. The van der Waals surface area contributed by atoms with E-state index >= 15 is 0 Å². The third-order valence-corrected chi connectivity index (χ3v) is 5.02. The Kier molecular flexibility index (Phi) is 5.03. The number of hydrogen-bond acceptors (Lipinski definition) is 4. The standard InChI is InChI=1S/C22H12BrClO4/c23-18-7-2-1-6-16(18)22(26)27-15-8-9-17-19(12-15)28-20(21(17)25)11-13-4-3-5-14(24)10-13/h1-12H/b20-11-. The molecule has 0 N–H and O–H groups in total. The number of carbonyl (C=O) groups excluding carboxylic acids is 2. The number of Topliss-reactive ketones (excluding diaryl/α,β-unsaturated/α-hetero) is 1. The Balaban J connectivity index is 1.57. The van der Waals surface area contributed by atoms with Gasteiger partial charge >= 0.3 is 5.97 Å². The van der Waals surface area contributed by atoms with Gasteiger partial charge in [0.25, 0.3) is 0 Å². The highest BCUT2D eigenvalue weighted by Crippen LogP contribution is 2.35. The Hall–Kier alpha value is -2.89. The van der Waals surface area contributed by atoms with Crippen LogP contribution in [0.1, 0.15) is 26.3 Å². The van der Waals surface area contributed by atoms with Gasteiger partial charge in [0.15, 0.2) is 5.76 Å². The maximum Gasteiger partial charge on any atom is 0.344 e. The SMILES string of the molecule is O=C(Oc1ccc2c(c1)O/C(=C\c1cccc(Cl)c1)C2=O)c1ccccc1Br. The van der Waals surface area contributed by atoms with Gasteiger partial charge in [0.1, 0.15) is 11.5 Å². The minimum Gasteiger partial charge on any atom is -0.452 e. The lowest BCUT2D eigenvalue weighted by molar-refractivity contribution is 0.0733. The molecule has 0 radical (unpaired) electrons. The fourth-order valence-corrected chi connectivity index (χ4v) is 3.41. The number of carbonyl (C=O) groups is 2. The molecule has 0 aromatic heterocycles. The van der Waals surface area contributed by atoms with Gasteiger partial charge in [0, 0.05) is 15.6 Å². The molecule has 0 fully saturated rings. The molecule has 3 aromatic carbocycles. The van der Waals surface area contributed by atoms with Crippen molar-refractivity contribution in [3.8, 4) is 11.5 Å². The van der Waals surface area contributed by atoms with Crippen molar-refractivity contribution in [1.82, 2.24) is 0 Å². The van der Waals surface area contributed by atoms with Crippen LogP contribution < -0.4 is 9.47 Å². The molecule has 0 saturated heterocycles. The average Bonchev–Trinajstić information content (AvgIpc) is 2.97. The molecule has 1 aliphatic rings. The minimum atomic E-state index is -0.508. The second-order valence-electron chi connectivity index (χ2n) is 6.02. The summed E-state index contributed by atoms with van der Waals surface area (Å²) in [6, 6.07) is 18.8. The quantitative estimate of drug-likeness (QED) is 0.279. The van der Waals surface area contributed by atoms with E-state index < -0.39 is 5.97 Å². The fraction of sp³-hybridized carbons (Fsp3) is 0. The lowest BCUT2D eigenvalue weighted by atomic mass is 10.1. The molecule has 1 heterocycles. The van der Waals surface area contributed by atoms with Crippen molar-refractivity contribution in [1.29, 1.82) is 0 Å². The summed E-state index contributed by atoms with van der Waals surface area (Å²) in [5.41, 5.74) is 1.57. The van der Waals surface area contributed by atoms with Crippen molar-refractivity contribution in [3.63, 3.8) is 0 Å². The summed E-state index contributed by atoms with van der Waals surface area (Å²) in [6.45, 7) is 0. The van der Waals surface area contributed by atoms with Crippen molar-refractivity contribution in [2.45, 2.75) is 0 Å². The van der Waals surface area contributed by atoms with Gasteiger partial charge in [-0.2, -0.15) is 0 Å². The van der Waals surface area contributed by atoms with Gasteiger partial charge in [-0.3, -0.25) is 4.79 Å². The molecular weight excluding hydrogens is 444 g/mol. The second kappa shape index (κ2) is 7.62. The topological polar surface area (TPSA) is 52.6 Å². The molecule has 0 aliphatic carbocycles. The highest BCUT2D eigenvalue weighted by atomic mass is 79.9. The van der Waals surface area contributed by atoms with E-state index in [0.29, 0.717) is 26.4 Å². The van der Waals surface area contributed by atoms with Crippen LogP contribution in [0.3, 0.4) is 0 Å². The van der Waals surface area contributed by atoms with E-state index in [1.54, 1.807) is 54.6 Å². The van der Waals surface area contributed by atoms with Gasteiger partial charge in [0.05, 0.1) is 11.1 Å². The normalized spacial score (nSPS) is 13.9. The molecule has 28 heavy (non-hydrogen) atoms. The van der Waals surface area contributed by atoms with E-state index in [1.807, 2.05) is 12.1 Å². The number of rotatable bonds is 3. The molecule has 4 nitrogen and oxygen atoms in total. The number of allylic oxidation sites excluding steroid dienone is 1. The third-order valence-electron chi connectivity index (χ3n) is 4.09. The maximum absolute atomic E-state index is 12.5. The van der Waals surface area contributed by atoms with Gasteiger partial charge in [0.2, 0.25) is 5.78 Å². The first-order chi connectivity index (χ1) is 13.5. The van der Waals surface area contributed by atoms with Crippen molar-refractivity contribution >= 4 is 45.4 Å². The molecular formula is C22H12BrClO4. The number of hydrogen-bond donors (Lipinski definition) is 0. The largest absolute Gasteiger partial charge is 0.452 e. The summed E-state index contributed by atoms with van der Waals surface area (Å²) < 4.78 is 11.7. The molecule has 0 spiro atoms.